The second-order valence-electron chi connectivity index (χ2n) is 6.70. The summed E-state index contributed by atoms with van der Waals surface area (Å²) < 4.78 is 0. The highest BCUT2D eigenvalue weighted by Gasteiger charge is 2.43. The molecule has 0 bridgehead atoms. The molecule has 0 unspecified atom stereocenters. The zero-order valence-corrected chi connectivity index (χ0v) is 13.5. The smallest absolute Gasteiger partial charge is 0.235 e. The summed E-state index contributed by atoms with van der Waals surface area (Å²) in [5.41, 5.74) is 5.45. The minimum atomic E-state index is -0.556. The van der Waals surface area contributed by atoms with Gasteiger partial charge in [-0.3, -0.25) is 4.79 Å². The van der Waals surface area contributed by atoms with Gasteiger partial charge in [0.25, 0.3) is 0 Å². The predicted molar refractivity (Wildman–Crippen MR) is 86.5 cm³/mol. The Morgan fingerprint density at radius 2 is 1.70 bits per heavy atom. The van der Waals surface area contributed by atoms with E-state index in [2.05, 4.69) is 0 Å². The Labute approximate surface area is 128 Å². The molecular weight excluding hydrogens is 268 g/mol. The van der Waals surface area contributed by atoms with Crippen molar-refractivity contribution >= 4 is 23.1 Å². The summed E-state index contributed by atoms with van der Waals surface area (Å²) >= 11 is 5.30. The fraction of sp³-hybridized carbons (Fsp3) is 0.875. The van der Waals surface area contributed by atoms with Gasteiger partial charge in [0.15, 0.2) is 0 Å². The summed E-state index contributed by atoms with van der Waals surface area (Å²) in [7, 11) is 1.94. The molecule has 3 nitrogen and oxygen atoms in total. The number of carbonyl (C=O) groups is 1. The van der Waals surface area contributed by atoms with Gasteiger partial charge in [0.05, 0.1) is 10.4 Å². The van der Waals surface area contributed by atoms with Crippen molar-refractivity contribution in [3.63, 3.8) is 0 Å². The first-order chi connectivity index (χ1) is 9.56. The maximum atomic E-state index is 13.0. The van der Waals surface area contributed by atoms with Crippen LogP contribution in [0.15, 0.2) is 0 Å². The van der Waals surface area contributed by atoms with E-state index in [1.54, 1.807) is 0 Å². The molecule has 2 rings (SSSR count). The van der Waals surface area contributed by atoms with Crippen LogP contribution in [0, 0.1) is 11.3 Å². The molecule has 2 aliphatic rings. The minimum absolute atomic E-state index is 0.179. The average molecular weight is 296 g/mol. The molecule has 0 spiro atoms. The van der Waals surface area contributed by atoms with Crippen LogP contribution in [-0.4, -0.2) is 29.4 Å². The highest BCUT2D eigenvalue weighted by Crippen LogP contribution is 2.37. The Morgan fingerprint density at radius 3 is 2.20 bits per heavy atom. The Kier molecular flexibility index (Phi) is 5.42. The lowest BCUT2D eigenvalue weighted by Crippen LogP contribution is -2.50. The van der Waals surface area contributed by atoms with Crippen molar-refractivity contribution in [1.82, 2.24) is 4.90 Å². The van der Waals surface area contributed by atoms with Crippen molar-refractivity contribution in [3.05, 3.63) is 0 Å². The molecule has 0 aromatic rings. The first kappa shape index (κ1) is 15.7. The van der Waals surface area contributed by atoms with Crippen LogP contribution in [0.3, 0.4) is 0 Å². The van der Waals surface area contributed by atoms with Crippen LogP contribution in [0.2, 0.25) is 0 Å². The van der Waals surface area contributed by atoms with Gasteiger partial charge in [-0.05, 0) is 31.6 Å². The molecule has 2 fully saturated rings. The summed E-state index contributed by atoms with van der Waals surface area (Å²) in [6.07, 6.45) is 11.4. The van der Waals surface area contributed by atoms with Crippen LogP contribution in [0.1, 0.15) is 64.2 Å². The summed E-state index contributed by atoms with van der Waals surface area (Å²) in [6.45, 7) is 0.878. The molecule has 0 aliphatic heterocycles. The van der Waals surface area contributed by atoms with Crippen molar-refractivity contribution in [1.29, 1.82) is 0 Å². The fourth-order valence-electron chi connectivity index (χ4n) is 3.93. The topological polar surface area (TPSA) is 46.3 Å². The maximum Gasteiger partial charge on any atom is 0.235 e. The number of amides is 1. The largest absolute Gasteiger partial charge is 0.392 e. The average Bonchev–Trinajstić information content (AvgIpc) is 2.79. The molecule has 0 heterocycles. The molecule has 0 aromatic carbocycles. The van der Waals surface area contributed by atoms with Crippen molar-refractivity contribution < 1.29 is 4.79 Å². The Bertz CT molecular complexity index is 355. The normalized spacial score (nSPS) is 23.2. The van der Waals surface area contributed by atoms with E-state index < -0.39 is 5.41 Å². The molecule has 114 valence electrons. The third-order valence-corrected chi connectivity index (χ3v) is 5.58. The van der Waals surface area contributed by atoms with E-state index in [0.717, 1.165) is 32.2 Å². The van der Waals surface area contributed by atoms with E-state index in [1.807, 2.05) is 11.9 Å². The number of nitrogens with two attached hydrogens (primary N) is 1. The van der Waals surface area contributed by atoms with Crippen molar-refractivity contribution in [2.24, 2.45) is 17.1 Å². The lowest BCUT2D eigenvalue weighted by Gasteiger charge is -2.35. The number of hydrogen-bond donors (Lipinski definition) is 1. The SMILES string of the molecule is CN(CC1CCCC1)C(=O)C1(C(N)=S)CCCCCC1. The number of carbonyl (C=O) groups excluding carboxylic acids is 1. The molecule has 1 amide bonds. The van der Waals surface area contributed by atoms with E-state index in [4.69, 9.17) is 18.0 Å². The molecule has 2 aliphatic carbocycles. The first-order valence-corrected chi connectivity index (χ1v) is 8.52. The predicted octanol–water partition coefficient (Wildman–Crippen LogP) is 3.26. The summed E-state index contributed by atoms with van der Waals surface area (Å²) in [6, 6.07) is 0. The number of thiocarbonyl (C=S) groups is 1. The van der Waals surface area contributed by atoms with Gasteiger partial charge in [-0.15, -0.1) is 0 Å². The Morgan fingerprint density at radius 1 is 1.15 bits per heavy atom. The number of rotatable bonds is 4. The molecule has 0 atom stereocenters. The third-order valence-electron chi connectivity index (χ3n) is 5.19. The quantitative estimate of drug-likeness (QED) is 0.640. The van der Waals surface area contributed by atoms with E-state index in [-0.39, 0.29) is 5.91 Å². The minimum Gasteiger partial charge on any atom is -0.392 e. The van der Waals surface area contributed by atoms with Crippen LogP contribution in [0.25, 0.3) is 0 Å². The monoisotopic (exact) mass is 296 g/mol. The van der Waals surface area contributed by atoms with Crippen LogP contribution >= 0.6 is 12.2 Å². The van der Waals surface area contributed by atoms with Crippen LogP contribution in [0.5, 0.6) is 0 Å². The molecule has 20 heavy (non-hydrogen) atoms. The van der Waals surface area contributed by atoms with Crippen molar-refractivity contribution in [2.75, 3.05) is 13.6 Å². The Hall–Kier alpha value is -0.640. The van der Waals surface area contributed by atoms with Gasteiger partial charge in [-0.1, -0.05) is 50.7 Å². The lowest BCUT2D eigenvalue weighted by atomic mass is 9.78. The van der Waals surface area contributed by atoms with Gasteiger partial charge >= 0.3 is 0 Å². The maximum absolute atomic E-state index is 13.0. The molecule has 4 heteroatoms. The van der Waals surface area contributed by atoms with Gasteiger partial charge in [-0.25, -0.2) is 0 Å². The highest BCUT2D eigenvalue weighted by atomic mass is 32.1. The third kappa shape index (κ3) is 3.33. The molecule has 2 N–H and O–H groups in total. The fourth-order valence-corrected chi connectivity index (χ4v) is 4.22. The van der Waals surface area contributed by atoms with Crippen molar-refractivity contribution in [2.45, 2.75) is 64.2 Å². The number of nitrogens with zero attached hydrogens (tertiary/aromatic N) is 1. The summed E-state index contributed by atoms with van der Waals surface area (Å²) in [4.78, 5) is 15.3. The van der Waals surface area contributed by atoms with E-state index in [1.165, 1.54) is 38.5 Å². The van der Waals surface area contributed by atoms with Crippen LogP contribution in [-0.2, 0) is 4.79 Å². The second-order valence-corrected chi connectivity index (χ2v) is 7.14. The van der Waals surface area contributed by atoms with E-state index in [9.17, 15) is 4.79 Å². The van der Waals surface area contributed by atoms with Crippen LogP contribution < -0.4 is 5.73 Å². The molecular formula is C16H28N2OS. The zero-order chi connectivity index (χ0) is 14.6. The van der Waals surface area contributed by atoms with E-state index in [0.29, 0.717) is 10.9 Å². The first-order valence-electron chi connectivity index (χ1n) is 8.12. The molecule has 0 radical (unpaired) electrons. The molecule has 0 saturated heterocycles. The zero-order valence-electron chi connectivity index (χ0n) is 12.7. The number of hydrogen-bond acceptors (Lipinski definition) is 2. The van der Waals surface area contributed by atoms with E-state index >= 15 is 0 Å². The van der Waals surface area contributed by atoms with Gasteiger partial charge in [0, 0.05) is 13.6 Å². The molecule has 0 aromatic heterocycles. The van der Waals surface area contributed by atoms with Gasteiger partial charge in [-0.2, -0.15) is 0 Å². The van der Waals surface area contributed by atoms with Gasteiger partial charge in [0.1, 0.15) is 0 Å². The summed E-state index contributed by atoms with van der Waals surface area (Å²) in [5, 5.41) is 0. The highest BCUT2D eigenvalue weighted by molar-refractivity contribution is 7.80. The standard InChI is InChI=1S/C16H28N2OS/c1-18(12-13-8-4-5-9-13)15(19)16(14(17)20)10-6-2-3-7-11-16/h13H,2-12H2,1H3,(H2,17,20). The van der Waals surface area contributed by atoms with Crippen molar-refractivity contribution in [3.8, 4) is 0 Å². The van der Waals surface area contributed by atoms with Gasteiger partial charge in [0.2, 0.25) is 5.91 Å². The molecule has 2 saturated carbocycles. The van der Waals surface area contributed by atoms with Gasteiger partial charge < -0.3 is 10.6 Å². The Balaban J connectivity index is 2.06. The lowest BCUT2D eigenvalue weighted by molar-refractivity contribution is -0.138. The second kappa shape index (κ2) is 6.88. The summed E-state index contributed by atoms with van der Waals surface area (Å²) in [5.74, 6) is 0.858. The van der Waals surface area contributed by atoms with Crippen LogP contribution in [0.4, 0.5) is 0 Å².